The number of amides is 2. The molecule has 0 spiro atoms. The Morgan fingerprint density at radius 3 is 2.41 bits per heavy atom. The highest BCUT2D eigenvalue weighted by atomic mass is 19.4. The van der Waals surface area contributed by atoms with Crippen LogP contribution in [0.15, 0.2) is 0 Å². The fourth-order valence-electron chi connectivity index (χ4n) is 3.52. The van der Waals surface area contributed by atoms with Crippen molar-refractivity contribution >= 4 is 11.8 Å². The number of hydrogen-bond acceptors (Lipinski definition) is 4. The molecule has 0 aromatic carbocycles. The van der Waals surface area contributed by atoms with Gasteiger partial charge in [0, 0.05) is 13.1 Å². The average Bonchev–Trinajstić information content (AvgIpc) is 3.25. The summed E-state index contributed by atoms with van der Waals surface area (Å²) in [6, 6.07) is 0. The van der Waals surface area contributed by atoms with E-state index in [1.165, 1.54) is 0 Å². The number of nitrogens with one attached hydrogen (secondary N) is 1. The number of alkyl halides is 3. The highest BCUT2D eigenvalue weighted by Gasteiger charge is 2.58. The van der Waals surface area contributed by atoms with Crippen molar-refractivity contribution in [3.8, 4) is 0 Å². The third-order valence-electron chi connectivity index (χ3n) is 4.84. The van der Waals surface area contributed by atoms with Gasteiger partial charge in [-0.15, -0.1) is 0 Å². The van der Waals surface area contributed by atoms with Crippen LogP contribution >= 0.6 is 0 Å². The molecule has 0 bridgehead atoms. The maximum absolute atomic E-state index is 12.4. The topological polar surface area (TPSA) is 95.7 Å². The van der Waals surface area contributed by atoms with E-state index in [2.05, 4.69) is 5.43 Å². The molecule has 126 valence electrons. The maximum Gasteiger partial charge on any atom is 0.423 e. The number of nitrogens with zero attached hydrogens (tertiary/aromatic N) is 1. The lowest BCUT2D eigenvalue weighted by Crippen LogP contribution is -2.53. The zero-order chi connectivity index (χ0) is 16.7. The second-order valence-electron chi connectivity index (χ2n) is 6.23. The number of halogens is 3. The number of aliphatic hydroxyl groups excluding tert-OH is 1. The molecular formula is C13H20F3N3O3. The fraction of sp³-hybridized carbons (Fsp3) is 0.846. The Labute approximate surface area is 125 Å². The van der Waals surface area contributed by atoms with Gasteiger partial charge in [0.15, 0.2) is 0 Å². The molecule has 4 N–H and O–H groups in total. The minimum atomic E-state index is -4.96. The second-order valence-corrected chi connectivity index (χ2v) is 6.23. The first-order valence-electron chi connectivity index (χ1n) is 7.18. The molecule has 1 aliphatic carbocycles. The number of nitrogens with two attached hydrogens (primary N) is 1. The molecule has 1 saturated carbocycles. The number of carbonyl (C=O) groups is 2. The van der Waals surface area contributed by atoms with Gasteiger partial charge in [-0.2, -0.15) is 13.2 Å². The first kappa shape index (κ1) is 17.0. The van der Waals surface area contributed by atoms with Gasteiger partial charge < -0.3 is 10.0 Å². The molecule has 2 amide bonds. The van der Waals surface area contributed by atoms with Crippen molar-refractivity contribution in [2.45, 2.75) is 38.5 Å². The Morgan fingerprint density at radius 2 is 2.00 bits per heavy atom. The number of piperidine rings is 1. The van der Waals surface area contributed by atoms with Crippen molar-refractivity contribution in [3.05, 3.63) is 0 Å². The molecule has 6 nitrogen and oxygen atoms in total. The van der Waals surface area contributed by atoms with Gasteiger partial charge in [0.1, 0.15) is 0 Å². The largest absolute Gasteiger partial charge is 0.423 e. The summed E-state index contributed by atoms with van der Waals surface area (Å²) in [4.78, 5) is 24.6. The van der Waals surface area contributed by atoms with Crippen molar-refractivity contribution in [2.24, 2.45) is 23.1 Å². The molecule has 2 unspecified atom stereocenters. The van der Waals surface area contributed by atoms with E-state index in [4.69, 9.17) is 10.9 Å². The Kier molecular flexibility index (Phi) is 4.40. The van der Waals surface area contributed by atoms with Crippen molar-refractivity contribution in [1.82, 2.24) is 10.3 Å². The molecule has 3 atom stereocenters. The molecule has 0 aromatic rings. The number of aliphatic hydroxyl groups is 1. The minimum absolute atomic E-state index is 0.0249. The third kappa shape index (κ3) is 2.91. The lowest BCUT2D eigenvalue weighted by molar-refractivity contribution is -0.211. The van der Waals surface area contributed by atoms with Gasteiger partial charge in [-0.3, -0.25) is 15.0 Å². The standard InChI is InChI=1S/C13H20F3N3O3/c1-7-6-19(10(21)9(20)13(14,15)16)5-2-8(7)12(3-4-12)11(22)18-17/h7-9,20H,2-6,17H2,1H3,(H,18,22)/t7?,8?,9-/m1/s1. The van der Waals surface area contributed by atoms with Gasteiger partial charge in [0.05, 0.1) is 5.41 Å². The second kappa shape index (κ2) is 5.69. The maximum atomic E-state index is 12.4. The van der Waals surface area contributed by atoms with E-state index in [0.717, 1.165) is 4.90 Å². The van der Waals surface area contributed by atoms with Crippen molar-refractivity contribution in [1.29, 1.82) is 0 Å². The van der Waals surface area contributed by atoms with Gasteiger partial charge in [0.25, 0.3) is 5.91 Å². The summed E-state index contributed by atoms with van der Waals surface area (Å²) >= 11 is 0. The summed E-state index contributed by atoms with van der Waals surface area (Å²) in [6.45, 7) is 1.99. The third-order valence-corrected chi connectivity index (χ3v) is 4.84. The summed E-state index contributed by atoms with van der Waals surface area (Å²) in [7, 11) is 0. The van der Waals surface area contributed by atoms with Gasteiger partial charge >= 0.3 is 6.18 Å². The Bertz CT molecular complexity index is 465. The number of hydrazine groups is 1. The minimum Gasteiger partial charge on any atom is -0.376 e. The van der Waals surface area contributed by atoms with Crippen molar-refractivity contribution in [3.63, 3.8) is 0 Å². The number of likely N-dealkylation sites (tertiary alicyclic amines) is 1. The van der Waals surface area contributed by atoms with Crippen LogP contribution in [0.4, 0.5) is 13.2 Å². The Hall–Kier alpha value is -1.35. The molecule has 2 rings (SSSR count). The smallest absolute Gasteiger partial charge is 0.376 e. The van der Waals surface area contributed by atoms with Crippen LogP contribution in [-0.4, -0.2) is 47.2 Å². The lowest BCUT2D eigenvalue weighted by atomic mass is 9.74. The van der Waals surface area contributed by atoms with Gasteiger partial charge in [0.2, 0.25) is 12.0 Å². The molecule has 2 aliphatic rings. The van der Waals surface area contributed by atoms with E-state index in [1.807, 2.05) is 0 Å². The summed E-state index contributed by atoms with van der Waals surface area (Å²) in [5.74, 6) is 3.45. The van der Waals surface area contributed by atoms with Crippen LogP contribution in [0.2, 0.25) is 0 Å². The molecule has 9 heteroatoms. The van der Waals surface area contributed by atoms with Crippen molar-refractivity contribution in [2.75, 3.05) is 13.1 Å². The van der Waals surface area contributed by atoms with Crippen LogP contribution < -0.4 is 11.3 Å². The molecule has 22 heavy (non-hydrogen) atoms. The first-order valence-corrected chi connectivity index (χ1v) is 7.18. The summed E-state index contributed by atoms with van der Waals surface area (Å²) in [5.41, 5.74) is 1.60. The van der Waals surface area contributed by atoms with Gasteiger partial charge in [-0.05, 0) is 31.1 Å². The van der Waals surface area contributed by atoms with Gasteiger partial charge in [-0.25, -0.2) is 5.84 Å². The first-order chi connectivity index (χ1) is 10.1. The summed E-state index contributed by atoms with van der Waals surface area (Å²) in [6.07, 6.45) is -6.13. The Morgan fingerprint density at radius 1 is 1.41 bits per heavy atom. The molecule has 1 aliphatic heterocycles. The van der Waals surface area contributed by atoms with E-state index in [1.54, 1.807) is 6.92 Å². The molecule has 0 aromatic heterocycles. The van der Waals surface area contributed by atoms with E-state index >= 15 is 0 Å². The van der Waals surface area contributed by atoms with Crippen molar-refractivity contribution < 1.29 is 27.9 Å². The molecule has 2 fully saturated rings. The molecular weight excluding hydrogens is 303 g/mol. The van der Waals surface area contributed by atoms with Crippen LogP contribution in [-0.2, 0) is 9.59 Å². The predicted molar refractivity (Wildman–Crippen MR) is 69.9 cm³/mol. The van der Waals surface area contributed by atoms with Crippen LogP contribution in [0, 0.1) is 17.3 Å². The van der Waals surface area contributed by atoms with Crippen LogP contribution in [0.3, 0.4) is 0 Å². The van der Waals surface area contributed by atoms with Crippen LogP contribution in [0.5, 0.6) is 0 Å². The number of carbonyl (C=O) groups excluding carboxylic acids is 2. The van der Waals surface area contributed by atoms with E-state index in [0.29, 0.717) is 19.3 Å². The monoisotopic (exact) mass is 323 g/mol. The average molecular weight is 323 g/mol. The molecule has 0 radical (unpaired) electrons. The molecule has 1 saturated heterocycles. The lowest BCUT2D eigenvalue weighted by Gasteiger charge is -2.41. The predicted octanol–water partition coefficient (Wildman–Crippen LogP) is 0.164. The highest BCUT2D eigenvalue weighted by molar-refractivity contribution is 5.85. The van der Waals surface area contributed by atoms with Gasteiger partial charge in [-0.1, -0.05) is 6.92 Å². The SMILES string of the molecule is CC1CN(C(=O)[C@@H](O)C(F)(F)F)CCC1C1(C(=O)NN)CC1. The zero-order valence-corrected chi connectivity index (χ0v) is 12.2. The Balaban J connectivity index is 2.02. The highest BCUT2D eigenvalue weighted by Crippen LogP contribution is 2.56. The summed E-state index contributed by atoms with van der Waals surface area (Å²) < 4.78 is 37.2. The fourth-order valence-corrected chi connectivity index (χ4v) is 3.52. The van der Waals surface area contributed by atoms with E-state index in [-0.39, 0.29) is 30.8 Å². The van der Waals surface area contributed by atoms with E-state index < -0.39 is 23.6 Å². The van der Waals surface area contributed by atoms with Crippen LogP contribution in [0.25, 0.3) is 0 Å². The normalized spacial score (nSPS) is 28.9. The molecule has 1 heterocycles. The zero-order valence-electron chi connectivity index (χ0n) is 12.2. The number of hydrogen-bond donors (Lipinski definition) is 3. The number of rotatable bonds is 3. The summed E-state index contributed by atoms with van der Waals surface area (Å²) in [5, 5.41) is 9.06. The van der Waals surface area contributed by atoms with Crippen LogP contribution in [0.1, 0.15) is 26.2 Å². The quantitative estimate of drug-likeness (QED) is 0.392. The van der Waals surface area contributed by atoms with E-state index in [9.17, 15) is 22.8 Å².